The van der Waals surface area contributed by atoms with Crippen molar-refractivity contribution in [2.45, 2.75) is 51.4 Å². The average molecular weight is 181 g/mol. The van der Waals surface area contributed by atoms with Crippen LogP contribution in [0.2, 0.25) is 0 Å². The summed E-state index contributed by atoms with van der Waals surface area (Å²) < 4.78 is 0. The zero-order valence-electron chi connectivity index (χ0n) is 8.80. The minimum Gasteiger partial charge on any atom is -0.303 e. The smallest absolute Gasteiger partial charge is 0.00183 e. The Hall–Kier alpha value is -0.0400. The first-order valence-electron chi connectivity index (χ1n) is 6.17. The molecular weight excluding hydrogens is 158 g/mol. The van der Waals surface area contributed by atoms with Crippen molar-refractivity contribution in [3.05, 3.63) is 0 Å². The lowest BCUT2D eigenvalue weighted by molar-refractivity contribution is 0.315. The molecule has 0 N–H and O–H groups in total. The van der Waals surface area contributed by atoms with E-state index in [0.717, 1.165) is 5.92 Å². The van der Waals surface area contributed by atoms with Gasteiger partial charge in [-0.1, -0.05) is 25.7 Å². The normalized spacial score (nSPS) is 25.8. The molecule has 0 bridgehead atoms. The minimum absolute atomic E-state index is 1.10. The highest BCUT2D eigenvalue weighted by Gasteiger charge is 2.16. The lowest BCUT2D eigenvalue weighted by atomic mass is 10.0. The van der Waals surface area contributed by atoms with Gasteiger partial charge >= 0.3 is 0 Å². The van der Waals surface area contributed by atoms with Crippen LogP contribution in [0.4, 0.5) is 0 Å². The van der Waals surface area contributed by atoms with Crippen molar-refractivity contribution in [1.29, 1.82) is 0 Å². The van der Waals surface area contributed by atoms with Gasteiger partial charge in [0.1, 0.15) is 0 Å². The van der Waals surface area contributed by atoms with Gasteiger partial charge in [-0.2, -0.15) is 0 Å². The third kappa shape index (κ3) is 2.98. The topological polar surface area (TPSA) is 3.24 Å². The number of hydrogen-bond acceptors (Lipinski definition) is 1. The molecule has 1 nitrogen and oxygen atoms in total. The standard InChI is InChI=1S/C12H23N/c1-2-7-12(6-1)8-5-11-13-9-3-4-10-13/h12H,1-11H2. The molecule has 0 atom stereocenters. The van der Waals surface area contributed by atoms with Gasteiger partial charge in [0, 0.05) is 0 Å². The first-order valence-corrected chi connectivity index (χ1v) is 6.17. The summed E-state index contributed by atoms with van der Waals surface area (Å²) in [5.74, 6) is 1.10. The minimum atomic E-state index is 1.10. The van der Waals surface area contributed by atoms with Gasteiger partial charge in [0.15, 0.2) is 0 Å². The van der Waals surface area contributed by atoms with Crippen LogP contribution in [-0.2, 0) is 0 Å². The van der Waals surface area contributed by atoms with E-state index in [9.17, 15) is 0 Å². The SMILES string of the molecule is C1CCC(CCCN2CCCC2)C1. The summed E-state index contributed by atoms with van der Waals surface area (Å²) >= 11 is 0. The van der Waals surface area contributed by atoms with E-state index >= 15 is 0 Å². The second-order valence-corrected chi connectivity index (χ2v) is 4.84. The summed E-state index contributed by atoms with van der Waals surface area (Å²) in [6, 6.07) is 0. The van der Waals surface area contributed by atoms with Crippen LogP contribution in [0.25, 0.3) is 0 Å². The third-order valence-corrected chi connectivity index (χ3v) is 3.76. The molecule has 1 saturated heterocycles. The van der Waals surface area contributed by atoms with Gasteiger partial charge < -0.3 is 4.90 Å². The predicted octanol–water partition coefficient (Wildman–Crippen LogP) is 3.05. The van der Waals surface area contributed by atoms with Crippen molar-refractivity contribution < 1.29 is 0 Å². The number of likely N-dealkylation sites (tertiary alicyclic amines) is 1. The Morgan fingerprint density at radius 3 is 2.31 bits per heavy atom. The van der Waals surface area contributed by atoms with E-state index < -0.39 is 0 Å². The van der Waals surface area contributed by atoms with Crippen molar-refractivity contribution in [3.63, 3.8) is 0 Å². The zero-order chi connectivity index (χ0) is 8.93. The summed E-state index contributed by atoms with van der Waals surface area (Å²) in [4.78, 5) is 2.65. The Bertz CT molecular complexity index is 116. The van der Waals surface area contributed by atoms with Gasteiger partial charge in [-0.05, 0) is 51.2 Å². The maximum atomic E-state index is 2.65. The molecular formula is C12H23N. The largest absolute Gasteiger partial charge is 0.303 e. The van der Waals surface area contributed by atoms with Crippen LogP contribution in [0, 0.1) is 5.92 Å². The van der Waals surface area contributed by atoms with E-state index in [-0.39, 0.29) is 0 Å². The van der Waals surface area contributed by atoms with Gasteiger partial charge in [-0.25, -0.2) is 0 Å². The van der Waals surface area contributed by atoms with Crippen LogP contribution in [0.5, 0.6) is 0 Å². The van der Waals surface area contributed by atoms with Crippen molar-refractivity contribution >= 4 is 0 Å². The Labute approximate surface area is 82.5 Å². The van der Waals surface area contributed by atoms with E-state index in [1.165, 1.54) is 71.0 Å². The lowest BCUT2D eigenvalue weighted by Crippen LogP contribution is -2.20. The molecule has 1 heterocycles. The Kier molecular flexibility index (Phi) is 3.65. The van der Waals surface area contributed by atoms with E-state index in [0.29, 0.717) is 0 Å². The molecule has 2 aliphatic rings. The molecule has 0 aromatic rings. The molecule has 13 heavy (non-hydrogen) atoms. The molecule has 2 fully saturated rings. The molecule has 2 rings (SSSR count). The van der Waals surface area contributed by atoms with E-state index in [4.69, 9.17) is 0 Å². The molecule has 1 heteroatoms. The molecule has 76 valence electrons. The van der Waals surface area contributed by atoms with Crippen molar-refractivity contribution in [1.82, 2.24) is 4.90 Å². The van der Waals surface area contributed by atoms with E-state index in [1.807, 2.05) is 0 Å². The molecule has 1 aliphatic heterocycles. The molecule has 1 aliphatic carbocycles. The summed E-state index contributed by atoms with van der Waals surface area (Å²) in [5.41, 5.74) is 0. The Morgan fingerprint density at radius 2 is 1.62 bits per heavy atom. The molecule has 0 aromatic carbocycles. The molecule has 0 amide bonds. The maximum absolute atomic E-state index is 2.65. The van der Waals surface area contributed by atoms with E-state index in [1.54, 1.807) is 0 Å². The average Bonchev–Trinajstić information content (AvgIpc) is 2.75. The Balaban J connectivity index is 1.52. The molecule has 0 spiro atoms. The van der Waals surface area contributed by atoms with Crippen LogP contribution < -0.4 is 0 Å². The van der Waals surface area contributed by atoms with Gasteiger partial charge in [0.05, 0.1) is 0 Å². The second-order valence-electron chi connectivity index (χ2n) is 4.84. The van der Waals surface area contributed by atoms with Crippen LogP contribution in [0.15, 0.2) is 0 Å². The van der Waals surface area contributed by atoms with Crippen molar-refractivity contribution in [2.24, 2.45) is 5.92 Å². The summed E-state index contributed by atoms with van der Waals surface area (Å²) in [6.45, 7) is 4.14. The van der Waals surface area contributed by atoms with E-state index in [2.05, 4.69) is 4.90 Å². The monoisotopic (exact) mass is 181 g/mol. The highest BCUT2D eigenvalue weighted by atomic mass is 15.1. The van der Waals surface area contributed by atoms with Crippen LogP contribution in [0.1, 0.15) is 51.4 Å². The fourth-order valence-electron chi connectivity index (χ4n) is 2.91. The quantitative estimate of drug-likeness (QED) is 0.644. The van der Waals surface area contributed by atoms with Crippen LogP contribution in [0.3, 0.4) is 0 Å². The predicted molar refractivity (Wildman–Crippen MR) is 56.9 cm³/mol. The van der Waals surface area contributed by atoms with Gasteiger partial charge in [-0.3, -0.25) is 0 Å². The lowest BCUT2D eigenvalue weighted by Gasteiger charge is -2.15. The summed E-state index contributed by atoms with van der Waals surface area (Å²) in [5, 5.41) is 0. The van der Waals surface area contributed by atoms with Crippen LogP contribution in [-0.4, -0.2) is 24.5 Å². The summed E-state index contributed by atoms with van der Waals surface area (Å²) in [7, 11) is 0. The summed E-state index contributed by atoms with van der Waals surface area (Å²) in [6.07, 6.45) is 11.9. The van der Waals surface area contributed by atoms with Crippen molar-refractivity contribution in [2.75, 3.05) is 19.6 Å². The number of hydrogen-bond donors (Lipinski definition) is 0. The van der Waals surface area contributed by atoms with Gasteiger partial charge in [0.25, 0.3) is 0 Å². The fraction of sp³-hybridized carbons (Fsp3) is 1.00. The zero-order valence-corrected chi connectivity index (χ0v) is 8.80. The van der Waals surface area contributed by atoms with Gasteiger partial charge in [-0.15, -0.1) is 0 Å². The Morgan fingerprint density at radius 1 is 0.923 bits per heavy atom. The molecule has 0 unspecified atom stereocenters. The first-order chi connectivity index (χ1) is 6.45. The van der Waals surface area contributed by atoms with Crippen molar-refractivity contribution in [3.8, 4) is 0 Å². The number of nitrogens with zero attached hydrogens (tertiary/aromatic N) is 1. The third-order valence-electron chi connectivity index (χ3n) is 3.76. The number of rotatable bonds is 4. The molecule has 1 saturated carbocycles. The highest BCUT2D eigenvalue weighted by molar-refractivity contribution is 4.70. The van der Waals surface area contributed by atoms with Gasteiger partial charge in [0.2, 0.25) is 0 Å². The van der Waals surface area contributed by atoms with Crippen LogP contribution >= 0.6 is 0 Å². The fourth-order valence-corrected chi connectivity index (χ4v) is 2.91. The second kappa shape index (κ2) is 4.99. The molecule has 0 radical (unpaired) electrons. The maximum Gasteiger partial charge on any atom is -0.00183 e. The highest BCUT2D eigenvalue weighted by Crippen LogP contribution is 2.28. The molecule has 0 aromatic heterocycles. The first kappa shape index (κ1) is 9.51.